The zero-order chi connectivity index (χ0) is 20.3. The lowest BCUT2D eigenvalue weighted by Gasteiger charge is -2.14. The van der Waals surface area contributed by atoms with Crippen LogP contribution >= 0.6 is 11.6 Å². The second-order valence-electron chi connectivity index (χ2n) is 6.13. The largest absolute Gasteiger partial charge is 0.496 e. The minimum absolute atomic E-state index is 0.0107. The number of benzene rings is 2. The van der Waals surface area contributed by atoms with Gasteiger partial charge in [0.25, 0.3) is 5.91 Å². The first-order valence-corrected chi connectivity index (χ1v) is 10.2. The Morgan fingerprint density at radius 1 is 1.29 bits per heavy atom. The molecule has 10 heteroatoms. The van der Waals surface area contributed by atoms with Gasteiger partial charge in [-0.25, -0.2) is 17.5 Å². The van der Waals surface area contributed by atoms with Gasteiger partial charge in [-0.15, -0.1) is 0 Å². The molecule has 3 rings (SSSR count). The molecule has 7 nitrogen and oxygen atoms in total. The minimum Gasteiger partial charge on any atom is -0.496 e. The van der Waals surface area contributed by atoms with E-state index in [2.05, 4.69) is 10.0 Å². The maximum Gasteiger partial charge on any atom is 0.259 e. The summed E-state index contributed by atoms with van der Waals surface area (Å²) in [6.07, 6.45) is 0.574. The van der Waals surface area contributed by atoms with E-state index in [0.29, 0.717) is 19.6 Å². The molecule has 2 aromatic carbocycles. The normalized spacial score (nSPS) is 16.8. The van der Waals surface area contributed by atoms with Crippen LogP contribution in [0.4, 0.5) is 10.1 Å². The average Bonchev–Trinajstić information content (AvgIpc) is 3.16. The number of hydrogen-bond acceptors (Lipinski definition) is 5. The standard InChI is InChI=1S/C18H18ClFN2O5S/c1-26-17-5-3-13(28(24,25)22-12-6-7-27-10-12)9-14(17)18(23)21-11-2-4-15(19)16(20)8-11/h2-5,8-9,12,22H,6-7,10H2,1H3,(H,21,23). The summed E-state index contributed by atoms with van der Waals surface area (Å²) < 4.78 is 51.7. The molecule has 1 atom stereocenters. The van der Waals surface area contributed by atoms with Gasteiger partial charge in [0.1, 0.15) is 11.6 Å². The van der Waals surface area contributed by atoms with E-state index in [1.54, 1.807) is 0 Å². The molecule has 1 heterocycles. The van der Waals surface area contributed by atoms with Gasteiger partial charge in [-0.05, 0) is 42.8 Å². The number of carbonyl (C=O) groups is 1. The number of amides is 1. The van der Waals surface area contributed by atoms with Crippen molar-refractivity contribution in [3.8, 4) is 5.75 Å². The van der Waals surface area contributed by atoms with Crippen molar-refractivity contribution < 1.29 is 27.1 Å². The lowest BCUT2D eigenvalue weighted by Crippen LogP contribution is -2.35. The number of anilines is 1. The molecule has 1 aliphatic rings. The molecule has 0 bridgehead atoms. The van der Waals surface area contributed by atoms with Crippen molar-refractivity contribution in [2.45, 2.75) is 17.4 Å². The second-order valence-corrected chi connectivity index (χ2v) is 8.25. The summed E-state index contributed by atoms with van der Waals surface area (Å²) in [6.45, 7) is 0.784. The first-order chi connectivity index (χ1) is 13.3. The summed E-state index contributed by atoms with van der Waals surface area (Å²) in [6, 6.07) is 7.41. The van der Waals surface area contributed by atoms with Gasteiger partial charge < -0.3 is 14.8 Å². The smallest absolute Gasteiger partial charge is 0.259 e. The predicted octanol–water partition coefficient (Wildman–Crippen LogP) is 2.81. The van der Waals surface area contributed by atoms with E-state index in [0.717, 1.165) is 6.07 Å². The molecule has 0 radical (unpaired) electrons. The Balaban J connectivity index is 1.87. The molecule has 0 aromatic heterocycles. The van der Waals surface area contributed by atoms with Crippen molar-refractivity contribution in [3.05, 3.63) is 52.8 Å². The number of hydrogen-bond donors (Lipinski definition) is 2. The van der Waals surface area contributed by atoms with Gasteiger partial charge in [-0.3, -0.25) is 4.79 Å². The summed E-state index contributed by atoms with van der Waals surface area (Å²) in [5.41, 5.74) is 0.159. The summed E-state index contributed by atoms with van der Waals surface area (Å²) in [7, 11) is -2.50. The number of halogens is 2. The van der Waals surface area contributed by atoms with Crippen molar-refractivity contribution in [3.63, 3.8) is 0 Å². The van der Waals surface area contributed by atoms with Gasteiger partial charge in [0.05, 0.1) is 29.2 Å². The Bertz CT molecular complexity index is 993. The molecule has 0 spiro atoms. The maximum atomic E-state index is 13.6. The molecule has 0 saturated carbocycles. The van der Waals surface area contributed by atoms with Gasteiger partial charge in [0.2, 0.25) is 10.0 Å². The molecule has 1 amide bonds. The highest BCUT2D eigenvalue weighted by molar-refractivity contribution is 7.89. The zero-order valence-electron chi connectivity index (χ0n) is 14.9. The third-order valence-electron chi connectivity index (χ3n) is 4.15. The summed E-state index contributed by atoms with van der Waals surface area (Å²) in [5, 5.41) is 2.42. The van der Waals surface area contributed by atoms with Crippen LogP contribution in [0, 0.1) is 5.82 Å². The number of nitrogens with one attached hydrogen (secondary N) is 2. The van der Waals surface area contributed by atoms with Crippen molar-refractivity contribution >= 4 is 33.2 Å². The lowest BCUT2D eigenvalue weighted by atomic mass is 10.2. The van der Waals surface area contributed by atoms with Gasteiger partial charge in [0.15, 0.2) is 0 Å². The van der Waals surface area contributed by atoms with Crippen LogP contribution in [-0.4, -0.2) is 40.7 Å². The molecule has 28 heavy (non-hydrogen) atoms. The SMILES string of the molecule is COc1ccc(S(=O)(=O)NC2CCOC2)cc1C(=O)Nc1ccc(Cl)c(F)c1. The topological polar surface area (TPSA) is 93.7 Å². The summed E-state index contributed by atoms with van der Waals surface area (Å²) >= 11 is 5.63. The molecule has 2 aromatic rings. The Morgan fingerprint density at radius 3 is 2.71 bits per heavy atom. The molecular formula is C18H18ClFN2O5S. The first-order valence-electron chi connectivity index (χ1n) is 8.34. The van der Waals surface area contributed by atoms with Gasteiger partial charge in [-0.1, -0.05) is 11.6 Å². The number of carbonyl (C=O) groups excluding carboxylic acids is 1. The van der Waals surface area contributed by atoms with E-state index in [1.165, 1.54) is 37.4 Å². The van der Waals surface area contributed by atoms with E-state index < -0.39 is 21.7 Å². The van der Waals surface area contributed by atoms with Crippen molar-refractivity contribution in [1.29, 1.82) is 0 Å². The molecule has 1 fully saturated rings. The van der Waals surface area contributed by atoms with Gasteiger partial charge >= 0.3 is 0 Å². The lowest BCUT2D eigenvalue weighted by molar-refractivity contribution is 0.102. The van der Waals surface area contributed by atoms with Crippen LogP contribution in [0.5, 0.6) is 5.75 Å². The average molecular weight is 429 g/mol. The van der Waals surface area contributed by atoms with Crippen LogP contribution in [0.2, 0.25) is 5.02 Å². The van der Waals surface area contributed by atoms with Crippen LogP contribution in [0.3, 0.4) is 0 Å². The highest BCUT2D eigenvalue weighted by Gasteiger charge is 2.25. The fraction of sp³-hybridized carbons (Fsp3) is 0.278. The first kappa shape index (κ1) is 20.5. The van der Waals surface area contributed by atoms with E-state index >= 15 is 0 Å². The van der Waals surface area contributed by atoms with Crippen LogP contribution in [0.15, 0.2) is 41.3 Å². The second kappa shape index (κ2) is 8.44. The molecule has 1 unspecified atom stereocenters. The summed E-state index contributed by atoms with van der Waals surface area (Å²) in [5.74, 6) is -1.17. The van der Waals surface area contributed by atoms with E-state index in [9.17, 15) is 17.6 Å². The maximum absolute atomic E-state index is 13.6. The monoisotopic (exact) mass is 428 g/mol. The predicted molar refractivity (Wildman–Crippen MR) is 102 cm³/mol. The Hall–Kier alpha value is -2.20. The van der Waals surface area contributed by atoms with Crippen LogP contribution in [0.25, 0.3) is 0 Å². The number of methoxy groups -OCH3 is 1. The molecule has 1 aliphatic heterocycles. The van der Waals surface area contributed by atoms with Crippen molar-refractivity contribution in [2.24, 2.45) is 0 Å². The third kappa shape index (κ3) is 4.61. The Morgan fingerprint density at radius 2 is 2.07 bits per heavy atom. The minimum atomic E-state index is -3.85. The fourth-order valence-corrected chi connectivity index (χ4v) is 4.12. The highest BCUT2D eigenvalue weighted by atomic mass is 35.5. The number of ether oxygens (including phenoxy) is 2. The molecule has 2 N–H and O–H groups in total. The van der Waals surface area contributed by atoms with E-state index in [-0.39, 0.29) is 33.0 Å². The summed E-state index contributed by atoms with van der Waals surface area (Å²) in [4.78, 5) is 12.5. The fourth-order valence-electron chi connectivity index (χ4n) is 2.72. The Kier molecular flexibility index (Phi) is 6.19. The number of rotatable bonds is 6. The van der Waals surface area contributed by atoms with Crippen LogP contribution in [0.1, 0.15) is 16.8 Å². The molecular weight excluding hydrogens is 411 g/mol. The Labute approximate surface area is 166 Å². The molecule has 150 valence electrons. The highest BCUT2D eigenvalue weighted by Crippen LogP contribution is 2.25. The quantitative estimate of drug-likeness (QED) is 0.737. The van der Waals surface area contributed by atoms with Gasteiger partial charge in [0, 0.05) is 18.3 Å². The number of sulfonamides is 1. The van der Waals surface area contributed by atoms with Crippen LogP contribution in [-0.2, 0) is 14.8 Å². The van der Waals surface area contributed by atoms with Crippen molar-refractivity contribution in [1.82, 2.24) is 4.72 Å². The van der Waals surface area contributed by atoms with Crippen molar-refractivity contribution in [2.75, 3.05) is 25.6 Å². The zero-order valence-corrected chi connectivity index (χ0v) is 16.4. The van der Waals surface area contributed by atoms with E-state index in [4.69, 9.17) is 21.1 Å². The van der Waals surface area contributed by atoms with Crippen LogP contribution < -0.4 is 14.8 Å². The van der Waals surface area contributed by atoms with Gasteiger partial charge in [-0.2, -0.15) is 0 Å². The molecule has 1 saturated heterocycles. The molecule has 0 aliphatic carbocycles. The third-order valence-corrected chi connectivity index (χ3v) is 5.98. The van der Waals surface area contributed by atoms with E-state index in [1.807, 2.05) is 0 Å².